The van der Waals surface area contributed by atoms with Crippen molar-refractivity contribution < 1.29 is 9.53 Å². The van der Waals surface area contributed by atoms with Crippen molar-refractivity contribution in [2.75, 3.05) is 56.2 Å². The summed E-state index contributed by atoms with van der Waals surface area (Å²) in [4.78, 5) is 14.8. The summed E-state index contributed by atoms with van der Waals surface area (Å²) in [7, 11) is 0. The van der Waals surface area contributed by atoms with Crippen LogP contribution in [0, 0.1) is 0 Å². The Bertz CT molecular complexity index is 777. The minimum atomic E-state index is 0. The molecule has 9 heteroatoms. The van der Waals surface area contributed by atoms with Crippen LogP contribution < -0.4 is 10.6 Å². The van der Waals surface area contributed by atoms with Gasteiger partial charge in [-0.1, -0.05) is 0 Å². The number of aromatic nitrogens is 1. The molecule has 4 rings (SSSR count). The number of fused-ring (bicyclic) bond motifs is 1. The molecule has 162 valence electrons. The van der Waals surface area contributed by atoms with E-state index in [1.165, 1.54) is 10.9 Å². The molecule has 6 nitrogen and oxygen atoms in total. The Balaban J connectivity index is 0.00000150. The van der Waals surface area contributed by atoms with Gasteiger partial charge in [0.05, 0.1) is 13.2 Å². The minimum Gasteiger partial charge on any atom is -0.379 e. The van der Waals surface area contributed by atoms with Gasteiger partial charge in [-0.15, -0.1) is 24.8 Å². The summed E-state index contributed by atoms with van der Waals surface area (Å²) in [5.74, 6) is 2.23. The number of benzene rings is 1. The molecule has 1 aromatic heterocycles. The van der Waals surface area contributed by atoms with E-state index in [1.807, 2.05) is 17.8 Å². The maximum absolute atomic E-state index is 12.3. The van der Waals surface area contributed by atoms with Crippen molar-refractivity contribution in [3.8, 4) is 0 Å². The molecule has 1 aromatic carbocycles. The van der Waals surface area contributed by atoms with Gasteiger partial charge in [-0.2, -0.15) is 11.8 Å². The Morgan fingerprint density at radius 3 is 2.79 bits per heavy atom. The Hall–Kier alpha value is -0.960. The zero-order valence-electron chi connectivity index (χ0n) is 16.5. The summed E-state index contributed by atoms with van der Waals surface area (Å²) in [6.45, 7) is 6.72. The Kier molecular flexibility index (Phi) is 10.1. The van der Waals surface area contributed by atoms with Crippen molar-refractivity contribution in [1.82, 2.24) is 14.8 Å². The molecule has 0 saturated carbocycles. The van der Waals surface area contributed by atoms with Gasteiger partial charge in [0.2, 0.25) is 5.91 Å². The summed E-state index contributed by atoms with van der Waals surface area (Å²) in [6, 6.07) is 8.60. The first-order valence-corrected chi connectivity index (χ1v) is 10.9. The monoisotopic (exact) mass is 460 g/mol. The number of thioether (sulfide) groups is 1. The van der Waals surface area contributed by atoms with E-state index in [1.54, 1.807) is 0 Å². The predicted octanol–water partition coefficient (Wildman–Crippen LogP) is 2.85. The first kappa shape index (κ1) is 24.3. The number of amides is 1. The number of morpholine rings is 1. The summed E-state index contributed by atoms with van der Waals surface area (Å²) in [5, 5.41) is 7.64. The van der Waals surface area contributed by atoms with Crippen molar-refractivity contribution in [3.63, 3.8) is 0 Å². The number of ether oxygens (including phenoxy) is 1. The molecule has 2 saturated heterocycles. The van der Waals surface area contributed by atoms with Gasteiger partial charge < -0.3 is 19.9 Å². The Morgan fingerprint density at radius 1 is 1.21 bits per heavy atom. The van der Waals surface area contributed by atoms with E-state index in [4.69, 9.17) is 4.74 Å². The number of carbonyl (C=O) groups excluding carboxylic acids is 1. The number of hydrogen-bond acceptors (Lipinski definition) is 5. The standard InChI is InChI=1S/C20H28N4O2S.2ClH/c25-20(14-18-15-27-12-4-21-18)22-17-1-2-19-16(13-17)3-5-24(19)7-6-23-8-10-26-11-9-23;;/h1-3,5,13,18,21H,4,6-12,14-15H2,(H,22,25);2*1H. The van der Waals surface area contributed by atoms with E-state index < -0.39 is 0 Å². The van der Waals surface area contributed by atoms with Crippen LogP contribution in [-0.2, 0) is 16.1 Å². The van der Waals surface area contributed by atoms with Crippen LogP contribution in [0.25, 0.3) is 10.9 Å². The number of nitrogens with zero attached hydrogens (tertiary/aromatic N) is 2. The van der Waals surface area contributed by atoms with Crippen LogP contribution in [0.2, 0.25) is 0 Å². The highest BCUT2D eigenvalue weighted by Crippen LogP contribution is 2.21. The van der Waals surface area contributed by atoms with Crippen molar-refractivity contribution in [2.45, 2.75) is 19.0 Å². The highest BCUT2D eigenvalue weighted by Gasteiger charge is 2.17. The molecular weight excluding hydrogens is 431 g/mol. The first-order valence-electron chi connectivity index (χ1n) is 9.78. The third kappa shape index (κ3) is 6.77. The van der Waals surface area contributed by atoms with E-state index in [9.17, 15) is 4.79 Å². The van der Waals surface area contributed by atoms with Crippen LogP contribution in [0.1, 0.15) is 6.42 Å². The summed E-state index contributed by atoms with van der Waals surface area (Å²) >= 11 is 1.92. The molecule has 0 radical (unpaired) electrons. The summed E-state index contributed by atoms with van der Waals surface area (Å²) in [6.07, 6.45) is 2.67. The van der Waals surface area contributed by atoms with Gasteiger partial charge in [-0.3, -0.25) is 9.69 Å². The topological polar surface area (TPSA) is 58.5 Å². The van der Waals surface area contributed by atoms with E-state index in [0.29, 0.717) is 6.42 Å². The van der Waals surface area contributed by atoms with Gasteiger partial charge >= 0.3 is 0 Å². The van der Waals surface area contributed by atoms with Crippen molar-refractivity contribution >= 4 is 59.1 Å². The molecule has 1 amide bonds. The van der Waals surface area contributed by atoms with Gasteiger partial charge in [-0.25, -0.2) is 0 Å². The number of halogens is 2. The summed E-state index contributed by atoms with van der Waals surface area (Å²) in [5.41, 5.74) is 2.09. The predicted molar refractivity (Wildman–Crippen MR) is 126 cm³/mol. The third-order valence-corrected chi connectivity index (χ3v) is 6.38. The van der Waals surface area contributed by atoms with Gasteiger partial charge in [-0.05, 0) is 24.3 Å². The van der Waals surface area contributed by atoms with Crippen LogP contribution in [0.15, 0.2) is 30.5 Å². The highest BCUT2D eigenvalue weighted by atomic mass is 35.5. The quantitative estimate of drug-likeness (QED) is 0.693. The average molecular weight is 461 g/mol. The molecule has 2 aliphatic rings. The maximum atomic E-state index is 12.3. The fourth-order valence-electron chi connectivity index (χ4n) is 3.73. The highest BCUT2D eigenvalue weighted by molar-refractivity contribution is 7.99. The molecule has 2 aromatic rings. The average Bonchev–Trinajstić information content (AvgIpc) is 3.10. The van der Waals surface area contributed by atoms with Crippen LogP contribution in [-0.4, -0.2) is 72.3 Å². The Labute approximate surface area is 188 Å². The lowest BCUT2D eigenvalue weighted by atomic mass is 10.2. The van der Waals surface area contributed by atoms with E-state index in [0.717, 1.165) is 63.1 Å². The molecule has 1 atom stereocenters. The number of rotatable bonds is 6. The molecule has 1 unspecified atom stereocenters. The fraction of sp³-hybridized carbons (Fsp3) is 0.550. The smallest absolute Gasteiger partial charge is 0.225 e. The zero-order valence-corrected chi connectivity index (χ0v) is 18.9. The molecule has 0 aliphatic carbocycles. The molecular formula is C20H30Cl2N4O2S. The maximum Gasteiger partial charge on any atom is 0.225 e. The largest absolute Gasteiger partial charge is 0.379 e. The molecule has 2 fully saturated rings. The fourth-order valence-corrected chi connectivity index (χ4v) is 4.68. The van der Waals surface area contributed by atoms with E-state index in [2.05, 4.69) is 44.5 Å². The SMILES string of the molecule is Cl.Cl.O=C(CC1CSCCN1)Nc1ccc2c(ccn2CCN2CCOCC2)c1. The molecule has 2 N–H and O–H groups in total. The van der Waals surface area contributed by atoms with Crippen LogP contribution >= 0.6 is 36.6 Å². The second-order valence-corrected chi connectivity index (χ2v) is 8.36. The normalized spacial score (nSPS) is 19.9. The second kappa shape index (κ2) is 12.0. The number of hydrogen-bond donors (Lipinski definition) is 2. The molecule has 0 spiro atoms. The summed E-state index contributed by atoms with van der Waals surface area (Å²) < 4.78 is 7.70. The number of carbonyl (C=O) groups is 1. The number of anilines is 1. The van der Waals surface area contributed by atoms with Gasteiger partial charge in [0, 0.05) is 79.5 Å². The van der Waals surface area contributed by atoms with Gasteiger partial charge in [0.25, 0.3) is 0 Å². The molecule has 2 aliphatic heterocycles. The second-order valence-electron chi connectivity index (χ2n) is 7.22. The van der Waals surface area contributed by atoms with Crippen molar-refractivity contribution in [1.29, 1.82) is 0 Å². The van der Waals surface area contributed by atoms with Gasteiger partial charge in [0.15, 0.2) is 0 Å². The molecule has 3 heterocycles. The van der Waals surface area contributed by atoms with E-state index in [-0.39, 0.29) is 36.8 Å². The lowest BCUT2D eigenvalue weighted by Crippen LogP contribution is -2.39. The van der Waals surface area contributed by atoms with Gasteiger partial charge in [0.1, 0.15) is 0 Å². The van der Waals surface area contributed by atoms with Crippen molar-refractivity contribution in [2.24, 2.45) is 0 Å². The van der Waals surface area contributed by atoms with Crippen LogP contribution in [0.4, 0.5) is 5.69 Å². The number of nitrogens with one attached hydrogen (secondary N) is 2. The lowest BCUT2D eigenvalue weighted by Gasteiger charge is -2.26. The molecule has 0 bridgehead atoms. The van der Waals surface area contributed by atoms with Crippen LogP contribution in [0.5, 0.6) is 0 Å². The van der Waals surface area contributed by atoms with E-state index >= 15 is 0 Å². The minimum absolute atomic E-state index is 0. The third-order valence-electron chi connectivity index (χ3n) is 5.25. The van der Waals surface area contributed by atoms with Crippen molar-refractivity contribution in [3.05, 3.63) is 30.5 Å². The van der Waals surface area contributed by atoms with Crippen LogP contribution in [0.3, 0.4) is 0 Å². The zero-order chi connectivity index (χ0) is 18.5. The molecule has 29 heavy (non-hydrogen) atoms. The first-order chi connectivity index (χ1) is 13.3. The Morgan fingerprint density at radius 2 is 2.03 bits per heavy atom. The lowest BCUT2D eigenvalue weighted by molar-refractivity contribution is -0.116.